The number of carbonyl (C=O) groups is 1. The molecule has 3 aromatic rings. The molecule has 1 saturated heterocycles. The van der Waals surface area contributed by atoms with Crippen molar-refractivity contribution in [2.24, 2.45) is 0 Å². The van der Waals surface area contributed by atoms with Crippen LogP contribution in [0.5, 0.6) is 5.75 Å². The monoisotopic (exact) mass is 460 g/mol. The first-order valence-corrected chi connectivity index (χ1v) is 10.8. The Morgan fingerprint density at radius 2 is 2.00 bits per heavy atom. The van der Waals surface area contributed by atoms with Crippen molar-refractivity contribution in [2.45, 2.75) is 25.4 Å². The number of nitrogens with zero attached hydrogens (tertiary/aromatic N) is 4. The average Bonchev–Trinajstić information content (AvgIpc) is 3.42. The molecule has 0 radical (unpaired) electrons. The second-order valence-corrected chi connectivity index (χ2v) is 8.72. The molecule has 2 atom stereocenters. The van der Waals surface area contributed by atoms with E-state index >= 15 is 0 Å². The van der Waals surface area contributed by atoms with Crippen molar-refractivity contribution in [3.63, 3.8) is 0 Å². The Labute approximate surface area is 184 Å². The number of fused-ring (bicyclic) bond motifs is 3. The Kier molecular flexibility index (Phi) is 5.01. The van der Waals surface area contributed by atoms with E-state index in [1.807, 2.05) is 6.92 Å². The zero-order chi connectivity index (χ0) is 22.6. The van der Waals surface area contributed by atoms with Gasteiger partial charge in [-0.25, -0.2) is 8.78 Å². The van der Waals surface area contributed by atoms with E-state index in [9.17, 15) is 23.5 Å². The highest BCUT2D eigenvalue weighted by atomic mass is 32.1. The Morgan fingerprint density at radius 1 is 1.22 bits per heavy atom. The molecule has 11 heteroatoms. The van der Waals surface area contributed by atoms with Crippen LogP contribution in [-0.4, -0.2) is 56.5 Å². The fraction of sp³-hybridized carbons (Fsp3) is 0.333. The molecule has 166 valence electrons. The Balaban J connectivity index is 1.55. The third-order valence-electron chi connectivity index (χ3n) is 5.85. The van der Waals surface area contributed by atoms with Gasteiger partial charge in [-0.1, -0.05) is 17.4 Å². The second-order valence-electron chi connectivity index (χ2n) is 7.65. The minimum Gasteiger partial charge on any atom is -0.503 e. The van der Waals surface area contributed by atoms with Gasteiger partial charge in [-0.15, -0.1) is 10.2 Å². The van der Waals surface area contributed by atoms with E-state index in [0.29, 0.717) is 24.8 Å². The number of ether oxygens (including phenoxy) is 1. The summed E-state index contributed by atoms with van der Waals surface area (Å²) in [5, 5.41) is 19.4. The summed E-state index contributed by atoms with van der Waals surface area (Å²) in [7, 11) is 0. The third kappa shape index (κ3) is 3.19. The second kappa shape index (κ2) is 7.75. The van der Waals surface area contributed by atoms with Gasteiger partial charge in [0.1, 0.15) is 16.6 Å². The maximum Gasteiger partial charge on any atom is 0.274 e. The zero-order valence-electron chi connectivity index (χ0n) is 16.9. The maximum atomic E-state index is 14.0. The predicted octanol–water partition coefficient (Wildman–Crippen LogP) is 2.36. The van der Waals surface area contributed by atoms with E-state index in [0.717, 1.165) is 23.5 Å². The number of hydrogen-bond acceptors (Lipinski definition) is 7. The Hall–Kier alpha value is -3.18. The highest BCUT2D eigenvalue weighted by Crippen LogP contribution is 2.36. The standard InChI is InChI=1S/C21H18F2N4O4S/c1-2-26-14-8-31-9-15(14)27-7-12(18(28)19(29)17(27)21(26)30)20-25-24-16(32-20)5-10-3-4-11(22)6-13(10)23/h3-4,6-7,14-15,29H,2,5,8-9H2,1H3/t14-,15?/m1/s1. The van der Waals surface area contributed by atoms with E-state index in [1.54, 1.807) is 9.47 Å². The molecule has 4 heterocycles. The van der Waals surface area contributed by atoms with Gasteiger partial charge < -0.3 is 19.3 Å². The first-order valence-electron chi connectivity index (χ1n) is 10.0. The molecule has 0 bridgehead atoms. The molecule has 2 aromatic heterocycles. The van der Waals surface area contributed by atoms with E-state index in [-0.39, 0.29) is 40.3 Å². The number of pyridine rings is 1. The van der Waals surface area contributed by atoms with Gasteiger partial charge >= 0.3 is 0 Å². The first kappa shape index (κ1) is 20.7. The molecule has 8 nitrogen and oxygen atoms in total. The van der Waals surface area contributed by atoms with Gasteiger partial charge in [0.2, 0.25) is 5.43 Å². The minimum absolute atomic E-state index is 0.0644. The molecule has 0 saturated carbocycles. The maximum absolute atomic E-state index is 14.0. The van der Waals surface area contributed by atoms with Crippen LogP contribution in [0, 0.1) is 11.6 Å². The highest BCUT2D eigenvalue weighted by Gasteiger charge is 2.44. The summed E-state index contributed by atoms with van der Waals surface area (Å²) in [6, 6.07) is 2.85. The predicted molar refractivity (Wildman–Crippen MR) is 111 cm³/mol. The van der Waals surface area contributed by atoms with Gasteiger partial charge in [0.15, 0.2) is 16.5 Å². The van der Waals surface area contributed by atoms with Crippen molar-refractivity contribution < 1.29 is 23.4 Å². The average molecular weight is 460 g/mol. The van der Waals surface area contributed by atoms with Crippen molar-refractivity contribution in [1.82, 2.24) is 19.7 Å². The summed E-state index contributed by atoms with van der Waals surface area (Å²) in [6.07, 6.45) is 1.59. The Morgan fingerprint density at radius 3 is 2.75 bits per heavy atom. The van der Waals surface area contributed by atoms with E-state index < -0.39 is 28.7 Å². The van der Waals surface area contributed by atoms with Crippen molar-refractivity contribution in [1.29, 1.82) is 0 Å². The normalized spacial score (nSPS) is 19.8. The number of likely N-dealkylation sites (N-methyl/N-ethyl adjacent to an activating group) is 1. The quantitative estimate of drug-likeness (QED) is 0.642. The van der Waals surface area contributed by atoms with Crippen LogP contribution >= 0.6 is 11.3 Å². The summed E-state index contributed by atoms with van der Waals surface area (Å²) in [6.45, 7) is 2.98. The molecule has 32 heavy (non-hydrogen) atoms. The lowest BCUT2D eigenvalue weighted by Crippen LogP contribution is -2.51. The number of hydrogen-bond donors (Lipinski definition) is 1. The Bertz CT molecular complexity index is 1290. The minimum atomic E-state index is -0.728. The fourth-order valence-corrected chi connectivity index (χ4v) is 5.14. The smallest absolute Gasteiger partial charge is 0.274 e. The van der Waals surface area contributed by atoms with Gasteiger partial charge in [-0.05, 0) is 18.6 Å². The molecule has 1 fully saturated rings. The van der Waals surface area contributed by atoms with E-state index in [4.69, 9.17) is 4.74 Å². The number of rotatable bonds is 4. The molecule has 0 spiro atoms. The van der Waals surface area contributed by atoms with Crippen LogP contribution in [0.25, 0.3) is 10.6 Å². The highest BCUT2D eigenvalue weighted by molar-refractivity contribution is 7.14. The molecule has 1 N–H and O–H groups in total. The molecule has 1 unspecified atom stereocenters. The van der Waals surface area contributed by atoms with Gasteiger partial charge in [0.25, 0.3) is 5.91 Å². The SMILES string of the molecule is CCN1C(=O)c2c(O)c(=O)c(-c3nnc(Cc4ccc(F)cc4F)s3)cn2C2COC[C@H]21. The number of amides is 1. The topological polar surface area (TPSA) is 97.5 Å². The lowest BCUT2D eigenvalue weighted by atomic mass is 10.0. The van der Waals surface area contributed by atoms with Crippen molar-refractivity contribution >= 4 is 17.2 Å². The number of benzene rings is 1. The van der Waals surface area contributed by atoms with Crippen LogP contribution in [0.3, 0.4) is 0 Å². The van der Waals surface area contributed by atoms with Crippen molar-refractivity contribution in [2.75, 3.05) is 19.8 Å². The molecule has 2 aliphatic heterocycles. The molecule has 1 aromatic carbocycles. The van der Waals surface area contributed by atoms with Gasteiger partial charge in [-0.3, -0.25) is 9.59 Å². The van der Waals surface area contributed by atoms with Crippen LogP contribution < -0.4 is 5.43 Å². The molecule has 1 amide bonds. The lowest BCUT2D eigenvalue weighted by Gasteiger charge is -2.38. The largest absolute Gasteiger partial charge is 0.503 e. The van der Waals surface area contributed by atoms with Crippen molar-refractivity contribution in [3.8, 4) is 16.3 Å². The third-order valence-corrected chi connectivity index (χ3v) is 6.80. The van der Waals surface area contributed by atoms with Gasteiger partial charge in [0.05, 0.1) is 30.9 Å². The molecule has 2 aliphatic rings. The summed E-state index contributed by atoms with van der Waals surface area (Å²) < 4.78 is 34.3. The molecular weight excluding hydrogens is 442 g/mol. The zero-order valence-corrected chi connectivity index (χ0v) is 17.7. The van der Waals surface area contributed by atoms with Gasteiger partial charge in [-0.2, -0.15) is 0 Å². The van der Waals surface area contributed by atoms with Crippen LogP contribution in [-0.2, 0) is 11.2 Å². The summed E-state index contributed by atoms with van der Waals surface area (Å²) in [5.74, 6) is -2.44. The van der Waals surface area contributed by atoms with Gasteiger partial charge in [0, 0.05) is 25.2 Å². The molecular formula is C21H18F2N4O4S. The van der Waals surface area contributed by atoms with E-state index in [2.05, 4.69) is 10.2 Å². The van der Waals surface area contributed by atoms with E-state index in [1.165, 1.54) is 12.3 Å². The summed E-state index contributed by atoms with van der Waals surface area (Å²) in [5.41, 5.74) is -0.451. The van der Waals surface area contributed by atoms with Crippen LogP contribution in [0.4, 0.5) is 8.78 Å². The number of aromatic hydroxyl groups is 1. The number of halogens is 2. The first-order chi connectivity index (χ1) is 15.4. The van der Waals surface area contributed by atoms with Crippen LogP contribution in [0.1, 0.15) is 34.0 Å². The molecule has 5 rings (SSSR count). The number of carbonyl (C=O) groups excluding carboxylic acids is 1. The summed E-state index contributed by atoms with van der Waals surface area (Å²) >= 11 is 1.06. The number of aromatic nitrogens is 3. The lowest BCUT2D eigenvalue weighted by molar-refractivity contribution is 0.0571. The van der Waals surface area contributed by atoms with Crippen LogP contribution in [0.15, 0.2) is 29.2 Å². The fourth-order valence-electron chi connectivity index (χ4n) is 4.27. The van der Waals surface area contributed by atoms with Crippen LogP contribution in [0.2, 0.25) is 0 Å². The van der Waals surface area contributed by atoms with Crippen molar-refractivity contribution in [3.05, 3.63) is 62.5 Å². The molecule has 0 aliphatic carbocycles. The summed E-state index contributed by atoms with van der Waals surface area (Å²) in [4.78, 5) is 27.4.